The molecular weight excluding hydrogens is 724 g/mol. The average Bonchev–Trinajstić information content (AvgIpc) is 3.65. The van der Waals surface area contributed by atoms with Gasteiger partial charge in [-0.25, -0.2) is 9.97 Å². The summed E-state index contributed by atoms with van der Waals surface area (Å²) in [6.45, 7) is 8.07. The molecule has 0 aliphatic carbocycles. The van der Waals surface area contributed by atoms with Gasteiger partial charge in [0.1, 0.15) is 23.1 Å². The minimum absolute atomic E-state index is 0.142. The lowest BCUT2D eigenvalue weighted by Crippen LogP contribution is -2.52. The molecule has 2 aromatic heterocycles. The van der Waals surface area contributed by atoms with Crippen LogP contribution in [0.1, 0.15) is 54.1 Å². The van der Waals surface area contributed by atoms with Gasteiger partial charge in [-0.3, -0.25) is 29.7 Å². The lowest BCUT2D eigenvalue weighted by molar-refractivity contribution is -0.136. The Bertz CT molecular complexity index is 2020. The second-order valence-electron chi connectivity index (χ2n) is 14.0. The Kier molecular flexibility index (Phi) is 8.53. The van der Waals surface area contributed by atoms with Crippen LogP contribution in [0.5, 0.6) is 0 Å². The van der Waals surface area contributed by atoms with E-state index in [1.54, 1.807) is 4.90 Å². The number of anilines is 2. The van der Waals surface area contributed by atoms with Crippen LogP contribution >= 0.6 is 27.5 Å². The first-order valence-electron chi connectivity index (χ1n) is 17.0. The van der Waals surface area contributed by atoms with Gasteiger partial charge in [-0.1, -0.05) is 45.7 Å². The Balaban J connectivity index is 0.931. The molecule has 0 saturated carbocycles. The number of carbonyl (C=O) groups is 3. The number of hydrogen-bond donors (Lipinski definition) is 3. The van der Waals surface area contributed by atoms with Crippen LogP contribution in [-0.4, -0.2) is 98.5 Å². The van der Waals surface area contributed by atoms with E-state index in [1.165, 1.54) is 0 Å². The minimum Gasteiger partial charge on any atom is -0.368 e. The molecule has 8 rings (SSSR count). The van der Waals surface area contributed by atoms with E-state index in [1.807, 2.05) is 30.5 Å². The number of amides is 3. The molecule has 4 aromatic rings. The molecule has 3 saturated heterocycles. The van der Waals surface area contributed by atoms with Crippen molar-refractivity contribution in [1.82, 2.24) is 35.3 Å². The number of fused-ring (bicyclic) bond motifs is 2. The molecule has 0 radical (unpaired) electrons. The number of halogens is 2. The smallest absolute Gasteiger partial charge is 0.255 e. The first-order valence-corrected chi connectivity index (χ1v) is 18.2. The van der Waals surface area contributed by atoms with Gasteiger partial charge in [-0.2, -0.15) is 5.10 Å². The molecule has 260 valence electrons. The van der Waals surface area contributed by atoms with Crippen molar-refractivity contribution in [2.24, 2.45) is 5.73 Å². The molecule has 13 nitrogen and oxygen atoms in total. The molecule has 2 aromatic carbocycles. The molecule has 3 fully saturated rings. The van der Waals surface area contributed by atoms with Crippen molar-refractivity contribution in [2.45, 2.75) is 57.3 Å². The van der Waals surface area contributed by atoms with E-state index in [9.17, 15) is 14.4 Å². The number of nitrogens with two attached hydrogens (primary N) is 1. The summed E-state index contributed by atoms with van der Waals surface area (Å²) in [7, 11) is 0. The molecule has 0 bridgehead atoms. The fraction of sp³-hybridized carbons (Fsp3) is 0.429. The number of nitrogens with one attached hydrogen (secondary N) is 2. The van der Waals surface area contributed by atoms with E-state index in [-0.39, 0.29) is 23.8 Å². The number of nitrogens with zero attached hydrogens (tertiary/aromatic N) is 7. The lowest BCUT2D eigenvalue weighted by atomic mass is 9.91. The number of imide groups is 1. The monoisotopic (exact) mass is 760 g/mol. The molecule has 1 atom stereocenters. The van der Waals surface area contributed by atoms with Gasteiger partial charge in [0.05, 0.1) is 16.9 Å². The third kappa shape index (κ3) is 6.12. The molecule has 0 spiro atoms. The van der Waals surface area contributed by atoms with Gasteiger partial charge in [0.15, 0.2) is 5.65 Å². The van der Waals surface area contributed by atoms with Crippen molar-refractivity contribution in [2.75, 3.05) is 49.1 Å². The number of hydrogen-bond acceptors (Lipinski definition) is 10. The number of aromatic nitrogens is 4. The molecule has 4 aliphatic heterocycles. The molecule has 4 N–H and O–H groups in total. The summed E-state index contributed by atoms with van der Waals surface area (Å²) in [5.41, 5.74) is 12.5. The van der Waals surface area contributed by atoms with Crippen molar-refractivity contribution in [3.8, 4) is 11.3 Å². The Morgan fingerprint density at radius 2 is 1.82 bits per heavy atom. The van der Waals surface area contributed by atoms with Crippen molar-refractivity contribution in [3.05, 3.63) is 62.7 Å². The van der Waals surface area contributed by atoms with Crippen LogP contribution in [0.4, 0.5) is 11.5 Å². The summed E-state index contributed by atoms with van der Waals surface area (Å²) in [5, 5.41) is 10.7. The SMILES string of the molecule is CC1(N)CCN(c2cnc3c(-c4cccc(N5CCN(Cc6cc7c(cc6Br)C(=O)N(C6CCC(=O)NC6=O)C7)CC5)c4Cl)n[nH]c3n2)CC1. The lowest BCUT2D eigenvalue weighted by Gasteiger charge is -2.37. The van der Waals surface area contributed by atoms with Crippen molar-refractivity contribution in [1.29, 1.82) is 0 Å². The van der Waals surface area contributed by atoms with Crippen LogP contribution in [0.2, 0.25) is 5.02 Å². The first kappa shape index (κ1) is 33.1. The summed E-state index contributed by atoms with van der Waals surface area (Å²) in [4.78, 5) is 55.4. The molecule has 3 amide bonds. The van der Waals surface area contributed by atoms with Gasteiger partial charge in [-0.05, 0) is 49.4 Å². The zero-order valence-corrected chi connectivity index (χ0v) is 30.1. The van der Waals surface area contributed by atoms with Crippen molar-refractivity contribution >= 4 is 67.9 Å². The molecule has 50 heavy (non-hydrogen) atoms. The molecular formula is C35H38BrClN10O3. The highest BCUT2D eigenvalue weighted by molar-refractivity contribution is 9.10. The maximum absolute atomic E-state index is 13.2. The highest BCUT2D eigenvalue weighted by Crippen LogP contribution is 2.38. The number of benzene rings is 2. The van der Waals surface area contributed by atoms with Gasteiger partial charge in [-0.15, -0.1) is 0 Å². The number of aromatic amines is 1. The standard InChI is InChI=1S/C35H38BrClN10O3/c1-35(38)7-9-46(10-8-35)27-17-39-31-30(42-43-32(31)40-27)22-3-2-4-25(29(22)37)45-13-11-44(12-14-45)18-21-15-20-19-47(34(50)23(20)16-24(21)36)26-5-6-28(48)41-33(26)49/h2-4,15-17,26H,5-14,18-19,38H2,1H3,(H,40,42,43)(H,41,48,49). The van der Waals surface area contributed by atoms with E-state index < -0.39 is 11.9 Å². The summed E-state index contributed by atoms with van der Waals surface area (Å²) in [6.07, 6.45) is 4.19. The van der Waals surface area contributed by atoms with Gasteiger partial charge in [0, 0.05) is 79.9 Å². The topological polar surface area (TPSA) is 157 Å². The summed E-state index contributed by atoms with van der Waals surface area (Å²) in [6, 6.07) is 9.33. The van der Waals surface area contributed by atoms with Gasteiger partial charge in [0.2, 0.25) is 11.8 Å². The highest BCUT2D eigenvalue weighted by atomic mass is 79.9. The van der Waals surface area contributed by atoms with Gasteiger partial charge < -0.3 is 20.4 Å². The second kappa shape index (κ2) is 12.9. The first-order chi connectivity index (χ1) is 24.0. The number of piperidine rings is 2. The van der Waals surface area contributed by atoms with E-state index in [0.29, 0.717) is 47.0 Å². The van der Waals surface area contributed by atoms with Crippen LogP contribution in [0.3, 0.4) is 0 Å². The van der Waals surface area contributed by atoms with E-state index in [0.717, 1.165) is 84.8 Å². The quantitative estimate of drug-likeness (QED) is 0.247. The molecule has 6 heterocycles. The highest BCUT2D eigenvalue weighted by Gasteiger charge is 2.39. The fourth-order valence-corrected chi connectivity index (χ4v) is 8.28. The van der Waals surface area contributed by atoms with Gasteiger partial charge in [0.25, 0.3) is 5.91 Å². The van der Waals surface area contributed by atoms with Crippen molar-refractivity contribution < 1.29 is 14.4 Å². The fourth-order valence-electron chi connectivity index (χ4n) is 7.48. The normalized spacial score (nSPS) is 21.2. The van der Waals surface area contributed by atoms with Crippen LogP contribution < -0.4 is 20.9 Å². The molecule has 15 heteroatoms. The number of rotatable bonds is 6. The largest absolute Gasteiger partial charge is 0.368 e. The van der Waals surface area contributed by atoms with Crippen LogP contribution in [0.15, 0.2) is 41.0 Å². The predicted octanol–water partition coefficient (Wildman–Crippen LogP) is 3.84. The maximum atomic E-state index is 13.2. The Morgan fingerprint density at radius 1 is 1.04 bits per heavy atom. The van der Waals surface area contributed by atoms with Crippen LogP contribution in [0.25, 0.3) is 22.4 Å². The number of piperazine rings is 1. The predicted molar refractivity (Wildman–Crippen MR) is 194 cm³/mol. The average molecular weight is 762 g/mol. The summed E-state index contributed by atoms with van der Waals surface area (Å²) >= 11 is 10.8. The number of carbonyl (C=O) groups excluding carboxylic acids is 3. The third-order valence-corrected chi connectivity index (χ3v) is 11.7. The third-order valence-electron chi connectivity index (χ3n) is 10.5. The zero-order chi connectivity index (χ0) is 34.7. The van der Waals surface area contributed by atoms with Gasteiger partial charge >= 0.3 is 0 Å². The summed E-state index contributed by atoms with van der Waals surface area (Å²) < 4.78 is 0.865. The summed E-state index contributed by atoms with van der Waals surface area (Å²) in [5.74, 6) is -0.0545. The Morgan fingerprint density at radius 3 is 2.58 bits per heavy atom. The van der Waals surface area contributed by atoms with Crippen LogP contribution in [0, 0.1) is 0 Å². The Labute approximate surface area is 302 Å². The van der Waals surface area contributed by atoms with E-state index in [4.69, 9.17) is 27.3 Å². The second-order valence-corrected chi connectivity index (χ2v) is 15.3. The Hall–Kier alpha value is -4.11. The van der Waals surface area contributed by atoms with E-state index in [2.05, 4.69) is 59.1 Å². The maximum Gasteiger partial charge on any atom is 0.255 e. The minimum atomic E-state index is -0.630. The van der Waals surface area contributed by atoms with Crippen LogP contribution in [-0.2, 0) is 22.7 Å². The number of H-pyrrole nitrogens is 1. The molecule has 1 unspecified atom stereocenters. The van der Waals surface area contributed by atoms with E-state index >= 15 is 0 Å². The molecule has 4 aliphatic rings. The zero-order valence-electron chi connectivity index (χ0n) is 27.7. The van der Waals surface area contributed by atoms with Crippen molar-refractivity contribution in [3.63, 3.8) is 0 Å².